The van der Waals surface area contributed by atoms with Crippen LogP contribution in [-0.4, -0.2) is 14.3 Å². The van der Waals surface area contributed by atoms with Crippen molar-refractivity contribution in [2.45, 2.75) is 51.3 Å². The molecule has 0 aliphatic rings. The lowest BCUT2D eigenvalue weighted by Gasteiger charge is -2.28. The van der Waals surface area contributed by atoms with Gasteiger partial charge in [0.15, 0.2) is 0 Å². The summed E-state index contributed by atoms with van der Waals surface area (Å²) in [5.74, 6) is 0. The van der Waals surface area contributed by atoms with Crippen LogP contribution in [0.15, 0.2) is 35.1 Å². The molecule has 0 radical (unpaired) electrons. The monoisotopic (exact) mass is 358 g/mol. The number of pyridine rings is 1. The van der Waals surface area contributed by atoms with Gasteiger partial charge in [-0.25, -0.2) is 0 Å². The number of hydrogen-bond acceptors (Lipinski definition) is 3. The minimum Gasteiger partial charge on any atom is -0.598 e. The van der Waals surface area contributed by atoms with E-state index in [1.165, 1.54) is 0 Å². The highest BCUT2D eigenvalue weighted by atomic mass is 79.9. The van der Waals surface area contributed by atoms with Gasteiger partial charge in [0.25, 0.3) is 0 Å². The maximum Gasteiger partial charge on any atom is 0.136 e. The molecule has 0 aromatic carbocycles. The molecule has 1 aromatic heterocycles. The third-order valence-electron chi connectivity index (χ3n) is 2.84. The lowest BCUT2D eigenvalue weighted by atomic mass is 10.0. The van der Waals surface area contributed by atoms with Gasteiger partial charge in [-0.05, 0) is 68.1 Å². The van der Waals surface area contributed by atoms with Gasteiger partial charge < -0.3 is 4.55 Å². The standard InChI is InChI=1S/C15H23BrN2OS/c1-5-6-7-8-14(18-20(19)15(2,3)4)12-9-10-17-11-13(12)16/h5-6,9-11,14,18H,7-8H2,1-4H3/b6-5+/t14-,20?/m1/s1. The molecule has 1 unspecified atom stereocenters. The molecule has 20 heavy (non-hydrogen) atoms. The van der Waals surface area contributed by atoms with Crippen molar-refractivity contribution in [2.24, 2.45) is 0 Å². The van der Waals surface area contributed by atoms with E-state index in [-0.39, 0.29) is 10.8 Å². The SMILES string of the molecule is C/C=C/CC[C@@H](N[S+]([O-])C(C)(C)C)c1ccncc1Br. The van der Waals surface area contributed by atoms with Crippen molar-refractivity contribution in [1.82, 2.24) is 9.71 Å². The Morgan fingerprint density at radius 1 is 1.50 bits per heavy atom. The van der Waals surface area contributed by atoms with Crippen molar-refractivity contribution >= 4 is 27.3 Å². The summed E-state index contributed by atoms with van der Waals surface area (Å²) in [5, 5.41) is 0. The van der Waals surface area contributed by atoms with Crippen LogP contribution in [0.3, 0.4) is 0 Å². The van der Waals surface area contributed by atoms with Crippen molar-refractivity contribution in [3.8, 4) is 0 Å². The minimum absolute atomic E-state index is 0.0450. The zero-order valence-corrected chi connectivity index (χ0v) is 14.9. The van der Waals surface area contributed by atoms with Crippen LogP contribution in [-0.2, 0) is 11.4 Å². The molecule has 0 saturated heterocycles. The van der Waals surface area contributed by atoms with Gasteiger partial charge >= 0.3 is 0 Å². The van der Waals surface area contributed by atoms with E-state index in [1.807, 2.05) is 39.8 Å². The Hall–Kier alpha value is -0.360. The second-order valence-corrected chi connectivity index (χ2v) is 8.45. The Bertz CT molecular complexity index is 446. The molecule has 0 amide bonds. The summed E-state index contributed by atoms with van der Waals surface area (Å²) in [7, 11) is 0. The quantitative estimate of drug-likeness (QED) is 0.609. The van der Waals surface area contributed by atoms with Gasteiger partial charge in [-0.3, -0.25) is 4.98 Å². The molecule has 1 rings (SSSR count). The second kappa shape index (κ2) is 8.17. The van der Waals surface area contributed by atoms with E-state index in [4.69, 9.17) is 0 Å². The maximum atomic E-state index is 12.3. The number of rotatable bonds is 6. The van der Waals surface area contributed by atoms with Crippen molar-refractivity contribution < 1.29 is 4.55 Å². The number of halogens is 1. The molecule has 0 spiro atoms. The number of hydrogen-bond donors (Lipinski definition) is 1. The molecule has 1 aromatic rings. The van der Waals surface area contributed by atoms with Crippen LogP contribution < -0.4 is 4.72 Å². The maximum absolute atomic E-state index is 12.3. The Morgan fingerprint density at radius 3 is 2.75 bits per heavy atom. The predicted octanol–water partition coefficient (Wildman–Crippen LogP) is 4.29. The summed E-state index contributed by atoms with van der Waals surface area (Å²) in [6.07, 6.45) is 9.56. The van der Waals surface area contributed by atoms with Crippen molar-refractivity contribution in [3.05, 3.63) is 40.6 Å². The lowest BCUT2D eigenvalue weighted by Crippen LogP contribution is -2.41. The Morgan fingerprint density at radius 2 is 2.20 bits per heavy atom. The Balaban J connectivity index is 2.88. The molecular weight excluding hydrogens is 336 g/mol. The van der Waals surface area contributed by atoms with Crippen molar-refractivity contribution in [2.75, 3.05) is 0 Å². The second-order valence-electron chi connectivity index (χ2n) is 5.60. The fourth-order valence-corrected chi connectivity index (χ4v) is 3.07. The van der Waals surface area contributed by atoms with Gasteiger partial charge in [-0.1, -0.05) is 12.2 Å². The van der Waals surface area contributed by atoms with Crippen LogP contribution in [0.1, 0.15) is 52.1 Å². The van der Waals surface area contributed by atoms with Gasteiger partial charge in [-0.15, -0.1) is 4.72 Å². The first-order valence-electron chi connectivity index (χ1n) is 6.75. The predicted molar refractivity (Wildman–Crippen MR) is 89.8 cm³/mol. The summed E-state index contributed by atoms with van der Waals surface area (Å²) in [5.41, 5.74) is 1.10. The summed E-state index contributed by atoms with van der Waals surface area (Å²) in [6.45, 7) is 7.93. The van der Waals surface area contributed by atoms with Gasteiger partial charge in [-0.2, -0.15) is 0 Å². The molecule has 0 bridgehead atoms. The molecule has 1 N–H and O–H groups in total. The molecule has 112 valence electrons. The molecule has 1 heterocycles. The average molecular weight is 359 g/mol. The Kier molecular flexibility index (Phi) is 7.23. The van der Waals surface area contributed by atoms with E-state index in [1.54, 1.807) is 12.4 Å². The van der Waals surface area contributed by atoms with E-state index in [2.05, 4.69) is 31.7 Å². The molecule has 0 fully saturated rings. The number of nitrogens with one attached hydrogen (secondary N) is 1. The topological polar surface area (TPSA) is 48.0 Å². The first-order valence-corrected chi connectivity index (χ1v) is 8.69. The summed E-state index contributed by atoms with van der Waals surface area (Å²) in [6, 6.07) is 2.01. The lowest BCUT2D eigenvalue weighted by molar-refractivity contribution is 0.512. The summed E-state index contributed by atoms with van der Waals surface area (Å²) >= 11 is 2.43. The zero-order chi connectivity index (χ0) is 15.2. The van der Waals surface area contributed by atoms with Crippen LogP contribution >= 0.6 is 15.9 Å². The summed E-state index contributed by atoms with van der Waals surface area (Å²) < 4.78 is 16.3. The first-order chi connectivity index (χ1) is 9.36. The van der Waals surface area contributed by atoms with E-state index >= 15 is 0 Å². The molecule has 0 aliphatic heterocycles. The highest BCUT2D eigenvalue weighted by Crippen LogP contribution is 2.28. The van der Waals surface area contributed by atoms with Gasteiger partial charge in [0.05, 0.1) is 6.04 Å². The zero-order valence-electron chi connectivity index (χ0n) is 12.5. The van der Waals surface area contributed by atoms with E-state index in [0.717, 1.165) is 22.9 Å². The van der Waals surface area contributed by atoms with Gasteiger partial charge in [0.1, 0.15) is 4.75 Å². The first kappa shape index (κ1) is 17.7. The highest BCUT2D eigenvalue weighted by molar-refractivity contribution is 9.10. The molecule has 3 nitrogen and oxygen atoms in total. The van der Waals surface area contributed by atoms with Crippen LogP contribution in [0.25, 0.3) is 0 Å². The molecule has 0 aliphatic carbocycles. The number of allylic oxidation sites excluding steroid dienone is 2. The third-order valence-corrected chi connectivity index (χ3v) is 5.12. The third kappa shape index (κ3) is 5.56. The van der Waals surface area contributed by atoms with E-state index in [9.17, 15) is 4.55 Å². The average Bonchev–Trinajstić information content (AvgIpc) is 2.37. The Labute approximate surface area is 133 Å². The van der Waals surface area contributed by atoms with Gasteiger partial charge in [0.2, 0.25) is 0 Å². The molecular formula is C15H23BrN2OS. The molecule has 5 heteroatoms. The smallest absolute Gasteiger partial charge is 0.136 e. The number of aromatic nitrogens is 1. The molecule has 2 atom stereocenters. The minimum atomic E-state index is -1.10. The van der Waals surface area contributed by atoms with E-state index < -0.39 is 11.4 Å². The largest absolute Gasteiger partial charge is 0.598 e. The van der Waals surface area contributed by atoms with Crippen LogP contribution in [0.4, 0.5) is 0 Å². The van der Waals surface area contributed by atoms with Crippen molar-refractivity contribution in [3.63, 3.8) is 0 Å². The van der Waals surface area contributed by atoms with Crippen LogP contribution in [0.5, 0.6) is 0 Å². The fraction of sp³-hybridized carbons (Fsp3) is 0.533. The van der Waals surface area contributed by atoms with Gasteiger partial charge in [0, 0.05) is 28.2 Å². The number of nitrogens with zero attached hydrogens (tertiary/aromatic N) is 1. The van der Waals surface area contributed by atoms with E-state index in [0.29, 0.717) is 0 Å². The fourth-order valence-electron chi connectivity index (χ4n) is 1.68. The highest BCUT2D eigenvalue weighted by Gasteiger charge is 2.30. The normalized spacial score (nSPS) is 15.5. The molecule has 0 saturated carbocycles. The summed E-state index contributed by atoms with van der Waals surface area (Å²) in [4.78, 5) is 4.09. The van der Waals surface area contributed by atoms with Crippen molar-refractivity contribution in [1.29, 1.82) is 0 Å². The van der Waals surface area contributed by atoms with Crippen LogP contribution in [0.2, 0.25) is 0 Å². The van der Waals surface area contributed by atoms with Crippen LogP contribution in [0, 0.1) is 0 Å².